The van der Waals surface area contributed by atoms with Crippen LogP contribution in [-0.4, -0.2) is 57.7 Å². The van der Waals surface area contributed by atoms with Gasteiger partial charge in [-0.3, -0.25) is 4.79 Å². The maximum atomic E-state index is 12.5. The van der Waals surface area contributed by atoms with E-state index >= 15 is 0 Å². The Morgan fingerprint density at radius 3 is 3.00 bits per heavy atom. The number of rotatable bonds is 7. The summed E-state index contributed by atoms with van der Waals surface area (Å²) in [5, 5.41) is 9.95. The van der Waals surface area contributed by atoms with Gasteiger partial charge in [0.15, 0.2) is 0 Å². The lowest BCUT2D eigenvalue weighted by Crippen LogP contribution is -2.63. The molecular weight excluding hydrogens is 386 g/mol. The first-order chi connectivity index (χ1) is 13.0. The second kappa shape index (κ2) is 8.50. The second-order valence-electron chi connectivity index (χ2n) is 6.34. The van der Waals surface area contributed by atoms with Crippen LogP contribution >= 0.6 is 20.4 Å². The Morgan fingerprint density at radius 1 is 1.59 bits per heavy atom. The molecule has 1 aromatic heterocycles. The van der Waals surface area contributed by atoms with Crippen LogP contribution in [0.4, 0.5) is 0 Å². The molecular formula is C16H18BN4O4PS. The summed E-state index contributed by atoms with van der Waals surface area (Å²) in [6.07, 6.45) is 3.09. The van der Waals surface area contributed by atoms with Gasteiger partial charge in [-0.2, -0.15) is 0 Å². The van der Waals surface area contributed by atoms with Crippen molar-refractivity contribution in [2.24, 2.45) is 16.5 Å². The fourth-order valence-corrected chi connectivity index (χ4v) is 5.00. The number of aromatic nitrogens is 2. The van der Waals surface area contributed by atoms with Crippen molar-refractivity contribution in [2.75, 3.05) is 5.75 Å². The zero-order valence-corrected chi connectivity index (χ0v) is 16.6. The fourth-order valence-electron chi connectivity index (χ4n) is 3.54. The highest BCUT2D eigenvalue weighted by Gasteiger charge is 2.60. The number of aryl methyl sites for hydroxylation is 1. The van der Waals surface area contributed by atoms with Crippen LogP contribution in [0.3, 0.4) is 0 Å². The minimum atomic E-state index is -0.777. The molecule has 4 atom stereocenters. The molecule has 1 amide bonds. The Kier molecular flexibility index (Phi) is 6.29. The number of β-lactam (4-membered cyclic amide) rings is 1. The number of aliphatic hydroxyl groups is 1. The zero-order chi connectivity index (χ0) is 19.6. The van der Waals surface area contributed by atoms with Crippen LogP contribution in [-0.2, 0) is 20.5 Å². The molecule has 0 saturated carbocycles. The summed E-state index contributed by atoms with van der Waals surface area (Å²) in [6, 6.07) is 1.59. The molecule has 0 spiro atoms. The van der Waals surface area contributed by atoms with Gasteiger partial charge in [-0.25, -0.2) is 14.8 Å². The number of fused-ring (bicyclic) bond motifs is 1. The number of carbonyl (C=O) groups excluding carboxylic acids is 2. The lowest BCUT2D eigenvalue weighted by Gasteiger charge is -2.46. The van der Waals surface area contributed by atoms with Gasteiger partial charge in [-0.05, 0) is 19.4 Å². The molecule has 2 radical (unpaired) electrons. The molecule has 2 aliphatic heterocycles. The molecule has 2 aliphatic rings. The molecule has 4 unspecified atom stereocenters. The van der Waals surface area contributed by atoms with Gasteiger partial charge in [0.2, 0.25) is 14.5 Å². The summed E-state index contributed by atoms with van der Waals surface area (Å²) in [5.74, 6) is -0.810. The van der Waals surface area contributed by atoms with Crippen molar-refractivity contribution in [1.82, 2.24) is 14.9 Å². The first-order valence-electron chi connectivity index (χ1n) is 8.42. The largest absolute Gasteiger partial charge is 0.393 e. The van der Waals surface area contributed by atoms with E-state index in [0.717, 1.165) is 10.6 Å². The van der Waals surface area contributed by atoms with E-state index in [9.17, 15) is 14.7 Å². The molecule has 0 aliphatic carbocycles. The van der Waals surface area contributed by atoms with Crippen molar-refractivity contribution < 1.29 is 19.2 Å². The quantitative estimate of drug-likeness (QED) is 0.417. The van der Waals surface area contributed by atoms with E-state index in [-0.39, 0.29) is 32.2 Å². The summed E-state index contributed by atoms with van der Waals surface area (Å²) in [7, 11) is 5.01. The highest BCUT2D eigenvalue weighted by Crippen LogP contribution is 2.50. The van der Waals surface area contributed by atoms with Crippen LogP contribution in [0.25, 0.3) is 0 Å². The Balaban J connectivity index is 1.81. The minimum Gasteiger partial charge on any atom is -0.393 e. The van der Waals surface area contributed by atoms with E-state index in [1.807, 2.05) is 13.0 Å². The van der Waals surface area contributed by atoms with Gasteiger partial charge < -0.3 is 19.2 Å². The molecule has 140 valence electrons. The van der Waals surface area contributed by atoms with Gasteiger partial charge in [-0.15, -0.1) is 11.8 Å². The predicted octanol–water partition coefficient (Wildman–Crippen LogP) is 1.49. The average Bonchev–Trinajstić information content (AvgIpc) is 2.89. The lowest BCUT2D eigenvalue weighted by molar-refractivity contribution is -0.162. The summed E-state index contributed by atoms with van der Waals surface area (Å²) in [6.45, 7) is 3.55. The van der Waals surface area contributed by atoms with Crippen LogP contribution in [0.2, 0.25) is 0 Å². The standard InChI is InChI=1S/C16H18BN4O4PS/c1-8-12-11(9(2)22)15(23)21(12)13(16(24)25-26-20-17)14(8)27-6-4-10-3-5-18-7-19-10/h3,5,7-9,11-12,22H,4,6H2,1-2H3. The van der Waals surface area contributed by atoms with Crippen molar-refractivity contribution in [3.8, 4) is 0 Å². The van der Waals surface area contributed by atoms with Gasteiger partial charge in [0, 0.05) is 28.5 Å². The van der Waals surface area contributed by atoms with E-state index in [2.05, 4.69) is 14.6 Å². The third kappa shape index (κ3) is 3.79. The molecule has 8 nitrogen and oxygen atoms in total. The Hall–Kier alpha value is -1.77. The van der Waals surface area contributed by atoms with E-state index < -0.39 is 18.0 Å². The van der Waals surface area contributed by atoms with E-state index in [1.165, 1.54) is 23.0 Å². The molecule has 3 heterocycles. The molecule has 3 rings (SSSR count). The van der Waals surface area contributed by atoms with E-state index in [4.69, 9.17) is 12.5 Å². The Bertz CT molecular complexity index is 792. The maximum Gasteiger partial charge on any atom is 0.365 e. The molecule has 1 fully saturated rings. The van der Waals surface area contributed by atoms with Crippen LogP contribution in [0, 0.1) is 11.8 Å². The second-order valence-corrected chi connectivity index (χ2v) is 8.06. The number of thioether (sulfide) groups is 1. The van der Waals surface area contributed by atoms with Crippen molar-refractivity contribution >= 4 is 40.2 Å². The molecule has 1 aromatic rings. The smallest absolute Gasteiger partial charge is 0.365 e. The molecule has 1 saturated heterocycles. The van der Waals surface area contributed by atoms with Crippen LogP contribution in [0.15, 0.2) is 33.8 Å². The molecule has 27 heavy (non-hydrogen) atoms. The summed E-state index contributed by atoms with van der Waals surface area (Å²) < 4.78 is 8.27. The molecule has 0 aromatic carbocycles. The SMILES string of the molecule is [B]N=POC(=O)C1=C(SCCc2ccncn2)C(C)C2C(C(C)O)C(=O)N12. The molecule has 0 bridgehead atoms. The van der Waals surface area contributed by atoms with E-state index in [0.29, 0.717) is 12.2 Å². The number of nitrogens with zero attached hydrogens (tertiary/aromatic N) is 4. The van der Waals surface area contributed by atoms with Crippen LogP contribution in [0.1, 0.15) is 19.5 Å². The van der Waals surface area contributed by atoms with Crippen molar-refractivity contribution in [2.45, 2.75) is 32.4 Å². The van der Waals surface area contributed by atoms with Gasteiger partial charge in [0.05, 0.1) is 18.1 Å². The van der Waals surface area contributed by atoms with Gasteiger partial charge >= 0.3 is 5.97 Å². The fraction of sp³-hybridized carbons (Fsp3) is 0.500. The third-order valence-electron chi connectivity index (χ3n) is 4.73. The normalized spacial score (nSPS) is 25.5. The van der Waals surface area contributed by atoms with Crippen molar-refractivity contribution in [1.29, 1.82) is 0 Å². The minimum absolute atomic E-state index is 0.0277. The lowest BCUT2D eigenvalue weighted by atomic mass is 9.79. The topological polar surface area (TPSA) is 105 Å². The van der Waals surface area contributed by atoms with Crippen molar-refractivity contribution in [3.05, 3.63) is 34.9 Å². The monoisotopic (exact) mass is 404 g/mol. The average molecular weight is 404 g/mol. The summed E-state index contributed by atoms with van der Waals surface area (Å²) in [5.41, 5.74) is 1.13. The van der Waals surface area contributed by atoms with Crippen LogP contribution < -0.4 is 0 Å². The number of amides is 1. The number of carbonyl (C=O) groups is 2. The number of hydrogen-bond acceptors (Lipinski definition) is 8. The first-order valence-corrected chi connectivity index (χ1v) is 10.2. The van der Waals surface area contributed by atoms with Crippen LogP contribution in [0.5, 0.6) is 0 Å². The van der Waals surface area contributed by atoms with Gasteiger partial charge in [-0.1, -0.05) is 6.92 Å². The van der Waals surface area contributed by atoms with E-state index in [1.54, 1.807) is 13.1 Å². The zero-order valence-electron chi connectivity index (χ0n) is 14.8. The predicted molar refractivity (Wildman–Crippen MR) is 101 cm³/mol. The van der Waals surface area contributed by atoms with Gasteiger partial charge in [0.25, 0.3) is 7.98 Å². The highest BCUT2D eigenvalue weighted by molar-refractivity contribution is 8.03. The maximum absolute atomic E-state index is 12.5. The summed E-state index contributed by atoms with van der Waals surface area (Å²) in [4.78, 5) is 35.3. The van der Waals surface area contributed by atoms with Gasteiger partial charge in [0.1, 0.15) is 12.0 Å². The Morgan fingerprint density at radius 2 is 2.37 bits per heavy atom. The third-order valence-corrected chi connectivity index (χ3v) is 6.36. The highest BCUT2D eigenvalue weighted by atomic mass is 32.2. The van der Waals surface area contributed by atoms with Crippen molar-refractivity contribution in [3.63, 3.8) is 0 Å². The first kappa shape index (κ1) is 20.0. The number of aliphatic hydroxyl groups excluding tert-OH is 1. The Labute approximate surface area is 164 Å². The molecule has 1 N–H and O–H groups in total. The number of hydrogen-bond donors (Lipinski definition) is 1. The summed E-state index contributed by atoms with van der Waals surface area (Å²) >= 11 is 1.50. The molecule has 11 heteroatoms.